The van der Waals surface area contributed by atoms with E-state index in [0.29, 0.717) is 44.1 Å². The topological polar surface area (TPSA) is 184 Å². The van der Waals surface area contributed by atoms with Crippen molar-refractivity contribution in [1.82, 2.24) is 0 Å². The van der Waals surface area contributed by atoms with Crippen LogP contribution in [0, 0.1) is 41.4 Å². The maximum Gasteiger partial charge on any atom is 0.333 e. The summed E-state index contributed by atoms with van der Waals surface area (Å²) in [5.41, 5.74) is 1.11. The third-order valence-electron chi connectivity index (χ3n) is 11.9. The Kier molecular flexibility index (Phi) is 22.5. The van der Waals surface area contributed by atoms with Crippen LogP contribution >= 0.6 is 0 Å². The van der Waals surface area contributed by atoms with Crippen LogP contribution in [-0.2, 0) is 47.6 Å². The van der Waals surface area contributed by atoms with Gasteiger partial charge in [-0.25, -0.2) is 4.79 Å². The molecule has 2 rings (SSSR count). The van der Waals surface area contributed by atoms with Gasteiger partial charge in [-0.15, -0.1) is 0 Å². The van der Waals surface area contributed by atoms with Crippen LogP contribution in [0.15, 0.2) is 23.3 Å². The summed E-state index contributed by atoms with van der Waals surface area (Å²) in [6.45, 7) is 20.9. The summed E-state index contributed by atoms with van der Waals surface area (Å²) >= 11 is 0. The molecule has 0 aromatic heterocycles. The fourth-order valence-corrected chi connectivity index (χ4v) is 8.62. The van der Waals surface area contributed by atoms with Crippen molar-refractivity contribution >= 4 is 23.9 Å². The zero-order valence-corrected chi connectivity index (χ0v) is 38.9. The number of esters is 4. The second-order valence-corrected chi connectivity index (χ2v) is 19.1. The number of carbonyl (C=O) groups excluding carboxylic acids is 4. The maximum atomic E-state index is 13.3. The molecule has 0 amide bonds. The van der Waals surface area contributed by atoms with Crippen LogP contribution in [0.3, 0.4) is 0 Å². The number of aliphatic hydroxyl groups excluding tert-OH is 3. The molecule has 2 saturated heterocycles. The minimum absolute atomic E-state index is 0.0386. The van der Waals surface area contributed by atoms with Gasteiger partial charge in [-0.05, 0) is 87.0 Å². The average molecular weight is 853 g/mol. The van der Waals surface area contributed by atoms with Gasteiger partial charge in [0.1, 0.15) is 18.3 Å². The van der Waals surface area contributed by atoms with Crippen molar-refractivity contribution in [2.45, 2.75) is 195 Å². The Labute approximate surface area is 360 Å². The Morgan fingerprint density at radius 2 is 1.30 bits per heavy atom. The molecule has 60 heavy (non-hydrogen) atoms. The van der Waals surface area contributed by atoms with Crippen molar-refractivity contribution < 1.29 is 62.9 Å². The fourth-order valence-electron chi connectivity index (χ4n) is 8.62. The highest BCUT2D eigenvalue weighted by Crippen LogP contribution is 2.46. The first kappa shape index (κ1) is 53.3. The van der Waals surface area contributed by atoms with Crippen molar-refractivity contribution in [3.63, 3.8) is 0 Å². The molecule has 0 aromatic carbocycles. The van der Waals surface area contributed by atoms with Gasteiger partial charge in [-0.3, -0.25) is 14.4 Å². The lowest BCUT2D eigenvalue weighted by Crippen LogP contribution is -2.57. The number of methoxy groups -OCH3 is 2. The third-order valence-corrected chi connectivity index (χ3v) is 11.9. The standard InChI is InChI=1S/C47H80O13/c1-27(2)19-41(50)57-37(18-17-33(9)46(54)56-13)35(11)44(53)36(48)24-34(10)45(58-42(51)20-28(3)4)39-22-31(7)26-47(60-39)25-30(6)21-38(59-47)43(52)32(8)16-14-15-29(5)23-40(49)55-12/h16-17,27-31,34-39,43-45,48,52-53H,14-15,18-26H2,1-13H3/b32-16+,33-17+/t29-,30+,31-,34-,35+,36+,37-,38-,39-,43-,44+,45-,47-/m0/s1. The molecule has 1 spiro atoms. The lowest BCUT2D eigenvalue weighted by atomic mass is 9.79. The molecule has 13 heteroatoms. The van der Waals surface area contributed by atoms with E-state index in [1.807, 2.05) is 54.5 Å². The Morgan fingerprint density at radius 3 is 1.85 bits per heavy atom. The first-order valence-corrected chi connectivity index (χ1v) is 22.3. The number of ether oxygens (including phenoxy) is 6. The largest absolute Gasteiger partial charge is 0.469 e. The Morgan fingerprint density at radius 1 is 0.750 bits per heavy atom. The molecule has 0 aromatic rings. The molecule has 0 unspecified atom stereocenters. The zero-order valence-electron chi connectivity index (χ0n) is 38.9. The van der Waals surface area contributed by atoms with Gasteiger partial charge >= 0.3 is 23.9 Å². The van der Waals surface area contributed by atoms with E-state index in [-0.39, 0.29) is 67.2 Å². The van der Waals surface area contributed by atoms with Gasteiger partial charge in [0.2, 0.25) is 0 Å². The van der Waals surface area contributed by atoms with Gasteiger partial charge in [-0.1, -0.05) is 74.5 Å². The monoisotopic (exact) mass is 853 g/mol. The summed E-state index contributed by atoms with van der Waals surface area (Å²) in [5, 5.41) is 34.8. The van der Waals surface area contributed by atoms with Crippen LogP contribution in [0.4, 0.5) is 0 Å². The number of carbonyl (C=O) groups is 4. The lowest BCUT2D eigenvalue weighted by Gasteiger charge is -2.51. The normalized spacial score (nSPS) is 26.7. The molecule has 0 bridgehead atoms. The molecular formula is C47H80O13. The second-order valence-electron chi connectivity index (χ2n) is 19.1. The van der Waals surface area contributed by atoms with Gasteiger partial charge in [0, 0.05) is 50.0 Å². The first-order chi connectivity index (χ1) is 28.0. The molecule has 0 saturated carbocycles. The summed E-state index contributed by atoms with van der Waals surface area (Å²) in [6, 6.07) is 0. The number of hydrogen-bond donors (Lipinski definition) is 3. The molecule has 2 heterocycles. The van der Waals surface area contributed by atoms with Crippen molar-refractivity contribution in [1.29, 1.82) is 0 Å². The van der Waals surface area contributed by atoms with Crippen LogP contribution in [0.1, 0.15) is 147 Å². The highest BCUT2D eigenvalue weighted by Gasteiger charge is 2.51. The quantitative estimate of drug-likeness (QED) is 0.0400. The van der Waals surface area contributed by atoms with E-state index < -0.39 is 72.3 Å². The number of allylic oxidation sites excluding steroid dienone is 1. The van der Waals surface area contributed by atoms with E-state index in [0.717, 1.165) is 12.0 Å². The predicted octanol–water partition coefficient (Wildman–Crippen LogP) is 7.41. The van der Waals surface area contributed by atoms with Gasteiger partial charge in [0.15, 0.2) is 5.79 Å². The van der Waals surface area contributed by atoms with E-state index >= 15 is 0 Å². The van der Waals surface area contributed by atoms with Crippen molar-refractivity contribution in [3.8, 4) is 0 Å². The predicted molar refractivity (Wildman–Crippen MR) is 228 cm³/mol. The van der Waals surface area contributed by atoms with Gasteiger partial charge in [0.05, 0.1) is 38.6 Å². The summed E-state index contributed by atoms with van der Waals surface area (Å²) in [7, 11) is 2.66. The smallest absolute Gasteiger partial charge is 0.333 e. The Hall–Kier alpha value is -2.84. The summed E-state index contributed by atoms with van der Waals surface area (Å²) in [5.74, 6) is -3.37. The van der Waals surface area contributed by atoms with E-state index in [4.69, 9.17) is 28.4 Å². The lowest BCUT2D eigenvalue weighted by molar-refractivity contribution is -0.347. The molecule has 13 atom stereocenters. The maximum absolute atomic E-state index is 13.3. The van der Waals surface area contributed by atoms with E-state index in [1.54, 1.807) is 19.9 Å². The molecule has 2 aliphatic rings. The van der Waals surface area contributed by atoms with Crippen LogP contribution in [0.25, 0.3) is 0 Å². The number of rotatable bonds is 23. The van der Waals surface area contributed by atoms with Crippen LogP contribution in [0.5, 0.6) is 0 Å². The zero-order chi connectivity index (χ0) is 45.5. The van der Waals surface area contributed by atoms with E-state index in [9.17, 15) is 34.5 Å². The molecule has 346 valence electrons. The summed E-state index contributed by atoms with van der Waals surface area (Å²) < 4.78 is 35.4. The molecule has 3 N–H and O–H groups in total. The minimum atomic E-state index is -1.34. The highest BCUT2D eigenvalue weighted by molar-refractivity contribution is 5.87. The first-order valence-electron chi connectivity index (χ1n) is 22.3. The third kappa shape index (κ3) is 17.5. The SMILES string of the molecule is COC(=O)C[C@@H](C)CC/C=C(\C)[C@H](O)[C@@H]1C[C@@H](C)C[C@]2(C[C@@H](C)C[C@@H]([C@@H](OC(=O)CC(C)C)[C@@H](C)C[C@@H](O)[C@H](O)[C@H](C)[C@H](C/C=C(\C)C(=O)OC)OC(=O)CC(C)C)O2)O1. The molecule has 13 nitrogen and oxygen atoms in total. The van der Waals surface area contributed by atoms with Gasteiger partial charge in [-0.2, -0.15) is 0 Å². The van der Waals surface area contributed by atoms with Crippen molar-refractivity contribution in [3.05, 3.63) is 23.3 Å². The minimum Gasteiger partial charge on any atom is -0.469 e. The van der Waals surface area contributed by atoms with Gasteiger partial charge < -0.3 is 43.7 Å². The molecule has 0 aliphatic carbocycles. The molecule has 2 fully saturated rings. The molecule has 2 aliphatic heterocycles. The van der Waals surface area contributed by atoms with Crippen LogP contribution in [-0.4, -0.2) is 102 Å². The Bertz CT molecular complexity index is 1420. The van der Waals surface area contributed by atoms with Gasteiger partial charge in [0.25, 0.3) is 0 Å². The van der Waals surface area contributed by atoms with Crippen molar-refractivity contribution in [2.75, 3.05) is 14.2 Å². The molecular weight excluding hydrogens is 773 g/mol. The highest BCUT2D eigenvalue weighted by atomic mass is 16.7. The second kappa shape index (κ2) is 25.3. The fraction of sp³-hybridized carbons (Fsp3) is 0.830. The van der Waals surface area contributed by atoms with Crippen LogP contribution < -0.4 is 0 Å². The number of hydrogen-bond acceptors (Lipinski definition) is 13. The molecule has 0 radical (unpaired) electrons. The van der Waals surface area contributed by atoms with Crippen molar-refractivity contribution in [2.24, 2.45) is 41.4 Å². The van der Waals surface area contributed by atoms with E-state index in [2.05, 4.69) is 13.8 Å². The number of aliphatic hydroxyl groups is 3. The average Bonchev–Trinajstić information content (AvgIpc) is 3.15. The summed E-state index contributed by atoms with van der Waals surface area (Å²) in [6.07, 6.45) is 2.03. The van der Waals surface area contributed by atoms with E-state index in [1.165, 1.54) is 14.2 Å². The Balaban J connectivity index is 2.34. The summed E-state index contributed by atoms with van der Waals surface area (Å²) in [4.78, 5) is 49.9. The van der Waals surface area contributed by atoms with Crippen LogP contribution in [0.2, 0.25) is 0 Å².